The summed E-state index contributed by atoms with van der Waals surface area (Å²) in [6.45, 7) is 4.43. The fraction of sp³-hybridized carbons (Fsp3) is 0.917. The number of ether oxygens (including phenoxy) is 1. The van der Waals surface area contributed by atoms with E-state index in [9.17, 15) is 4.79 Å². The molecule has 0 saturated carbocycles. The molecule has 0 aromatic heterocycles. The van der Waals surface area contributed by atoms with Gasteiger partial charge in [-0.1, -0.05) is 26.2 Å². The molecule has 0 aliphatic rings. The standard InChI is InChI=1S/C12H25NO2S/c1-3-5-6-7-9-16-10-8-11(13)12(14)15-4-2/h11H,3-10,13H2,1-2H3. The number of carbonyl (C=O) groups excluding carboxylic acids is 1. The lowest BCUT2D eigenvalue weighted by molar-refractivity contribution is -0.144. The molecule has 0 aromatic carbocycles. The molecule has 0 amide bonds. The Morgan fingerprint density at radius 1 is 1.25 bits per heavy atom. The first kappa shape index (κ1) is 15.8. The lowest BCUT2D eigenvalue weighted by Gasteiger charge is -2.09. The van der Waals surface area contributed by atoms with Gasteiger partial charge in [-0.3, -0.25) is 4.79 Å². The zero-order chi connectivity index (χ0) is 12.2. The average molecular weight is 247 g/mol. The summed E-state index contributed by atoms with van der Waals surface area (Å²) in [6, 6.07) is -0.442. The second kappa shape index (κ2) is 11.3. The summed E-state index contributed by atoms with van der Waals surface area (Å²) in [5.74, 6) is 1.86. The van der Waals surface area contributed by atoms with Crippen LogP contribution in [-0.4, -0.2) is 30.1 Å². The smallest absolute Gasteiger partial charge is 0.322 e. The van der Waals surface area contributed by atoms with Crippen LogP contribution in [0.2, 0.25) is 0 Å². The normalized spacial score (nSPS) is 12.4. The van der Waals surface area contributed by atoms with Crippen LogP contribution in [0.3, 0.4) is 0 Å². The topological polar surface area (TPSA) is 52.3 Å². The number of rotatable bonds is 10. The summed E-state index contributed by atoms with van der Waals surface area (Å²) < 4.78 is 4.84. The molecule has 0 heterocycles. The summed E-state index contributed by atoms with van der Waals surface area (Å²) in [6.07, 6.45) is 5.90. The molecule has 0 saturated heterocycles. The van der Waals surface area contributed by atoms with Crippen molar-refractivity contribution >= 4 is 17.7 Å². The summed E-state index contributed by atoms with van der Waals surface area (Å²) >= 11 is 1.88. The number of nitrogens with two attached hydrogens (primary N) is 1. The minimum absolute atomic E-state index is 0.269. The van der Waals surface area contributed by atoms with Crippen LogP contribution in [0.4, 0.5) is 0 Å². The van der Waals surface area contributed by atoms with Gasteiger partial charge >= 0.3 is 5.97 Å². The molecule has 1 atom stereocenters. The highest BCUT2D eigenvalue weighted by molar-refractivity contribution is 7.99. The number of hydrogen-bond acceptors (Lipinski definition) is 4. The van der Waals surface area contributed by atoms with Gasteiger partial charge in [0.25, 0.3) is 0 Å². The van der Waals surface area contributed by atoms with E-state index >= 15 is 0 Å². The zero-order valence-electron chi connectivity index (χ0n) is 10.5. The van der Waals surface area contributed by atoms with Gasteiger partial charge in [-0.05, 0) is 31.3 Å². The highest BCUT2D eigenvalue weighted by atomic mass is 32.2. The van der Waals surface area contributed by atoms with Gasteiger partial charge in [-0.2, -0.15) is 11.8 Å². The number of hydrogen-bond donors (Lipinski definition) is 1. The predicted octanol–water partition coefficient (Wildman–Crippen LogP) is 2.58. The highest BCUT2D eigenvalue weighted by Crippen LogP contribution is 2.09. The van der Waals surface area contributed by atoms with Crippen LogP contribution in [0.25, 0.3) is 0 Å². The second-order valence-electron chi connectivity index (χ2n) is 3.82. The van der Waals surface area contributed by atoms with Gasteiger partial charge in [0.1, 0.15) is 6.04 Å². The first-order chi connectivity index (χ1) is 7.72. The Kier molecular flexibility index (Phi) is 11.1. The fourth-order valence-corrected chi connectivity index (χ4v) is 2.34. The van der Waals surface area contributed by atoms with Crippen LogP contribution in [0, 0.1) is 0 Å². The van der Waals surface area contributed by atoms with Gasteiger partial charge in [0.05, 0.1) is 6.61 Å². The average Bonchev–Trinajstić information content (AvgIpc) is 2.28. The van der Waals surface area contributed by atoms with Crippen molar-refractivity contribution in [3.63, 3.8) is 0 Å². The highest BCUT2D eigenvalue weighted by Gasteiger charge is 2.13. The van der Waals surface area contributed by atoms with Crippen molar-refractivity contribution in [2.45, 2.75) is 52.0 Å². The lowest BCUT2D eigenvalue weighted by Crippen LogP contribution is -2.32. The van der Waals surface area contributed by atoms with Crippen molar-refractivity contribution in [3.8, 4) is 0 Å². The van der Waals surface area contributed by atoms with E-state index in [1.54, 1.807) is 6.92 Å². The summed E-state index contributed by atoms with van der Waals surface area (Å²) in [4.78, 5) is 11.2. The molecule has 16 heavy (non-hydrogen) atoms. The molecule has 0 rings (SSSR count). The number of esters is 1. The van der Waals surface area contributed by atoms with Crippen LogP contribution >= 0.6 is 11.8 Å². The third-order valence-corrected chi connectivity index (χ3v) is 3.41. The molecule has 0 bridgehead atoms. The first-order valence-corrected chi connectivity index (χ1v) is 7.37. The van der Waals surface area contributed by atoms with Gasteiger partial charge in [-0.15, -0.1) is 0 Å². The monoisotopic (exact) mass is 247 g/mol. The van der Waals surface area contributed by atoms with E-state index in [4.69, 9.17) is 10.5 Å². The van der Waals surface area contributed by atoms with E-state index in [0.29, 0.717) is 6.61 Å². The van der Waals surface area contributed by atoms with Gasteiger partial charge in [0.2, 0.25) is 0 Å². The Hall–Kier alpha value is -0.220. The molecule has 96 valence electrons. The molecule has 0 aliphatic carbocycles. The quantitative estimate of drug-likeness (QED) is 0.476. The first-order valence-electron chi connectivity index (χ1n) is 6.22. The largest absolute Gasteiger partial charge is 0.465 e. The molecule has 0 aromatic rings. The molecule has 4 heteroatoms. The van der Waals surface area contributed by atoms with E-state index in [1.807, 2.05) is 11.8 Å². The Morgan fingerprint density at radius 3 is 2.62 bits per heavy atom. The molecule has 0 spiro atoms. The van der Waals surface area contributed by atoms with Crippen molar-refractivity contribution in [2.24, 2.45) is 5.73 Å². The summed E-state index contributed by atoms with van der Waals surface area (Å²) in [5.41, 5.74) is 5.68. The van der Waals surface area contributed by atoms with E-state index in [2.05, 4.69) is 6.92 Å². The third-order valence-electron chi connectivity index (χ3n) is 2.30. The summed E-state index contributed by atoms with van der Waals surface area (Å²) in [7, 11) is 0. The van der Waals surface area contributed by atoms with Crippen LogP contribution < -0.4 is 5.73 Å². The molecule has 0 fully saturated rings. The zero-order valence-corrected chi connectivity index (χ0v) is 11.4. The fourth-order valence-electron chi connectivity index (χ4n) is 1.31. The Balaban J connectivity index is 3.27. The Morgan fingerprint density at radius 2 is 2.00 bits per heavy atom. The number of thioether (sulfide) groups is 1. The number of unbranched alkanes of at least 4 members (excludes halogenated alkanes) is 3. The van der Waals surface area contributed by atoms with E-state index in [-0.39, 0.29) is 5.97 Å². The predicted molar refractivity (Wildman–Crippen MR) is 70.7 cm³/mol. The van der Waals surface area contributed by atoms with Gasteiger partial charge < -0.3 is 10.5 Å². The molecule has 2 N–H and O–H groups in total. The molecule has 0 aliphatic heterocycles. The molecule has 0 radical (unpaired) electrons. The van der Waals surface area contributed by atoms with Crippen LogP contribution in [0.1, 0.15) is 46.0 Å². The maximum atomic E-state index is 11.2. The SMILES string of the molecule is CCCCCCSCCC(N)C(=O)OCC. The van der Waals surface area contributed by atoms with E-state index < -0.39 is 6.04 Å². The van der Waals surface area contributed by atoms with Crippen molar-refractivity contribution in [1.82, 2.24) is 0 Å². The van der Waals surface area contributed by atoms with E-state index in [0.717, 1.165) is 12.2 Å². The minimum Gasteiger partial charge on any atom is -0.465 e. The van der Waals surface area contributed by atoms with Crippen LogP contribution in [0.15, 0.2) is 0 Å². The maximum absolute atomic E-state index is 11.2. The Labute approximate surface area is 103 Å². The van der Waals surface area contributed by atoms with Crippen molar-refractivity contribution < 1.29 is 9.53 Å². The van der Waals surface area contributed by atoms with Gasteiger partial charge in [0.15, 0.2) is 0 Å². The van der Waals surface area contributed by atoms with E-state index in [1.165, 1.54) is 31.4 Å². The van der Waals surface area contributed by atoms with Crippen molar-refractivity contribution in [1.29, 1.82) is 0 Å². The molecule has 1 unspecified atom stereocenters. The van der Waals surface area contributed by atoms with Crippen LogP contribution in [-0.2, 0) is 9.53 Å². The van der Waals surface area contributed by atoms with Crippen molar-refractivity contribution in [3.05, 3.63) is 0 Å². The van der Waals surface area contributed by atoms with Gasteiger partial charge in [0, 0.05) is 0 Å². The molecular weight excluding hydrogens is 222 g/mol. The summed E-state index contributed by atoms with van der Waals surface area (Å²) in [5, 5.41) is 0. The van der Waals surface area contributed by atoms with Crippen LogP contribution in [0.5, 0.6) is 0 Å². The van der Waals surface area contributed by atoms with Crippen molar-refractivity contribution in [2.75, 3.05) is 18.1 Å². The second-order valence-corrected chi connectivity index (χ2v) is 5.04. The third kappa shape index (κ3) is 9.04. The molecular formula is C12H25NO2S. The number of carbonyl (C=O) groups is 1. The molecule has 3 nitrogen and oxygen atoms in total. The Bertz CT molecular complexity index is 176. The maximum Gasteiger partial charge on any atom is 0.322 e. The lowest BCUT2D eigenvalue weighted by atomic mass is 10.2. The van der Waals surface area contributed by atoms with Gasteiger partial charge in [-0.25, -0.2) is 0 Å². The minimum atomic E-state index is -0.442.